The zero-order chi connectivity index (χ0) is 25.2. The Morgan fingerprint density at radius 2 is 1.60 bits per heavy atom. The van der Waals surface area contributed by atoms with E-state index in [1.165, 1.54) is 0 Å². The lowest BCUT2D eigenvalue weighted by Gasteiger charge is -2.31. The molecule has 0 aromatic heterocycles. The van der Waals surface area contributed by atoms with E-state index in [0.29, 0.717) is 25.3 Å². The number of hydrogen-bond donors (Lipinski definition) is 1. The predicted molar refractivity (Wildman–Crippen MR) is 140 cm³/mol. The first-order valence-electron chi connectivity index (χ1n) is 12.2. The van der Waals surface area contributed by atoms with Crippen molar-refractivity contribution in [1.82, 2.24) is 10.2 Å². The van der Waals surface area contributed by atoms with Crippen LogP contribution in [0.2, 0.25) is 0 Å². The molecule has 0 bridgehead atoms. The van der Waals surface area contributed by atoms with Gasteiger partial charge in [-0.05, 0) is 55.5 Å². The summed E-state index contributed by atoms with van der Waals surface area (Å²) in [5, 5.41) is 3.00. The third-order valence-electron chi connectivity index (χ3n) is 6.20. The predicted octanol–water partition coefficient (Wildman–Crippen LogP) is 5.16. The molecule has 3 rings (SSSR count). The van der Waals surface area contributed by atoms with Gasteiger partial charge in [0.05, 0.1) is 0 Å². The Balaban J connectivity index is 1.90. The van der Waals surface area contributed by atoms with E-state index in [9.17, 15) is 9.59 Å². The minimum absolute atomic E-state index is 0.136. The second kappa shape index (κ2) is 12.7. The quantitative estimate of drug-likeness (QED) is 0.420. The Labute approximate surface area is 209 Å². The maximum atomic E-state index is 13.6. The summed E-state index contributed by atoms with van der Waals surface area (Å²) in [6.45, 7) is 8.79. The third kappa shape index (κ3) is 7.44. The summed E-state index contributed by atoms with van der Waals surface area (Å²) < 4.78 is 5.96. The number of hydrogen-bond acceptors (Lipinski definition) is 3. The van der Waals surface area contributed by atoms with Crippen molar-refractivity contribution in [2.45, 2.75) is 53.1 Å². The number of aryl methyl sites for hydroxylation is 2. The fourth-order valence-corrected chi connectivity index (χ4v) is 3.91. The molecule has 0 saturated carbocycles. The Morgan fingerprint density at radius 3 is 2.29 bits per heavy atom. The normalized spacial score (nSPS) is 11.5. The van der Waals surface area contributed by atoms with Crippen LogP contribution in [0.15, 0.2) is 72.8 Å². The summed E-state index contributed by atoms with van der Waals surface area (Å²) in [6.07, 6.45) is 1.25. The fraction of sp³-hybridized carbons (Fsp3) is 0.333. The Hall–Kier alpha value is -3.60. The highest BCUT2D eigenvalue weighted by Crippen LogP contribution is 2.21. The highest BCUT2D eigenvalue weighted by atomic mass is 16.5. The summed E-state index contributed by atoms with van der Waals surface area (Å²) in [7, 11) is 0. The van der Waals surface area contributed by atoms with Crippen LogP contribution in [0.25, 0.3) is 0 Å². The maximum Gasteiger partial charge on any atom is 0.261 e. The van der Waals surface area contributed by atoms with Crippen LogP contribution < -0.4 is 10.1 Å². The van der Waals surface area contributed by atoms with E-state index >= 15 is 0 Å². The summed E-state index contributed by atoms with van der Waals surface area (Å²) in [5.41, 5.74) is 5.23. The average molecular weight is 473 g/mol. The van der Waals surface area contributed by atoms with E-state index in [0.717, 1.165) is 34.2 Å². The molecule has 184 valence electrons. The van der Waals surface area contributed by atoms with Crippen LogP contribution in [-0.4, -0.2) is 35.9 Å². The standard InChI is InChI=1S/C30H36N2O3/c1-5-18-31-30(34)27(19-25-11-7-6-8-12-25)32(20-26-16-14-22(2)15-17-26)29(33)21-35-28-13-9-10-23(3)24(28)4/h6-17,27H,5,18-21H2,1-4H3,(H,31,34)/t27-/m0/s1. The van der Waals surface area contributed by atoms with E-state index in [4.69, 9.17) is 4.74 Å². The zero-order valence-electron chi connectivity index (χ0n) is 21.2. The number of ether oxygens (including phenoxy) is 1. The molecule has 0 aliphatic heterocycles. The van der Waals surface area contributed by atoms with E-state index in [2.05, 4.69) is 5.32 Å². The SMILES string of the molecule is CCCNC(=O)[C@H](Cc1ccccc1)N(Cc1ccc(C)cc1)C(=O)COc1cccc(C)c1C. The van der Waals surface area contributed by atoms with Gasteiger partial charge in [0, 0.05) is 19.5 Å². The van der Waals surface area contributed by atoms with Gasteiger partial charge >= 0.3 is 0 Å². The van der Waals surface area contributed by atoms with Gasteiger partial charge in [-0.1, -0.05) is 79.2 Å². The number of benzene rings is 3. The lowest BCUT2D eigenvalue weighted by Crippen LogP contribution is -2.51. The van der Waals surface area contributed by atoms with Gasteiger partial charge in [-0.3, -0.25) is 9.59 Å². The monoisotopic (exact) mass is 472 g/mol. The molecule has 5 heteroatoms. The zero-order valence-corrected chi connectivity index (χ0v) is 21.2. The van der Waals surface area contributed by atoms with Crippen molar-refractivity contribution < 1.29 is 14.3 Å². The van der Waals surface area contributed by atoms with Crippen molar-refractivity contribution in [3.63, 3.8) is 0 Å². The van der Waals surface area contributed by atoms with Crippen LogP contribution in [0.1, 0.15) is 41.2 Å². The fourth-order valence-electron chi connectivity index (χ4n) is 3.91. The van der Waals surface area contributed by atoms with Crippen molar-refractivity contribution >= 4 is 11.8 Å². The maximum absolute atomic E-state index is 13.6. The van der Waals surface area contributed by atoms with Gasteiger partial charge < -0.3 is 15.0 Å². The van der Waals surface area contributed by atoms with Crippen molar-refractivity contribution in [2.24, 2.45) is 0 Å². The second-order valence-corrected chi connectivity index (χ2v) is 8.99. The topological polar surface area (TPSA) is 58.6 Å². The summed E-state index contributed by atoms with van der Waals surface area (Å²) in [4.78, 5) is 28.6. The first kappa shape index (κ1) is 26.0. The molecule has 0 aliphatic carbocycles. The lowest BCUT2D eigenvalue weighted by molar-refractivity contribution is -0.142. The molecule has 0 saturated heterocycles. The molecule has 1 N–H and O–H groups in total. The molecule has 35 heavy (non-hydrogen) atoms. The van der Waals surface area contributed by atoms with E-state index < -0.39 is 6.04 Å². The molecule has 0 radical (unpaired) electrons. The van der Waals surface area contributed by atoms with Crippen molar-refractivity contribution in [2.75, 3.05) is 13.2 Å². The van der Waals surface area contributed by atoms with Crippen LogP contribution in [0, 0.1) is 20.8 Å². The first-order valence-corrected chi connectivity index (χ1v) is 12.2. The molecule has 0 fully saturated rings. The van der Waals surface area contributed by atoms with Gasteiger partial charge in [0.2, 0.25) is 5.91 Å². The second-order valence-electron chi connectivity index (χ2n) is 8.99. The molecular formula is C30H36N2O3. The van der Waals surface area contributed by atoms with E-state index in [-0.39, 0.29) is 18.4 Å². The molecule has 3 aromatic carbocycles. The van der Waals surface area contributed by atoms with Crippen LogP contribution >= 0.6 is 0 Å². The number of carbonyl (C=O) groups is 2. The highest BCUT2D eigenvalue weighted by molar-refractivity contribution is 5.88. The van der Waals surface area contributed by atoms with Crippen molar-refractivity contribution in [1.29, 1.82) is 0 Å². The molecule has 0 spiro atoms. The van der Waals surface area contributed by atoms with Gasteiger partial charge in [-0.2, -0.15) is 0 Å². The van der Waals surface area contributed by atoms with Gasteiger partial charge in [0.25, 0.3) is 5.91 Å². The van der Waals surface area contributed by atoms with Gasteiger partial charge in [0.1, 0.15) is 11.8 Å². The van der Waals surface area contributed by atoms with Crippen molar-refractivity contribution in [3.05, 3.63) is 101 Å². The largest absolute Gasteiger partial charge is 0.483 e. The lowest BCUT2D eigenvalue weighted by atomic mass is 10.0. The van der Waals surface area contributed by atoms with Crippen LogP contribution in [-0.2, 0) is 22.6 Å². The molecule has 5 nitrogen and oxygen atoms in total. The van der Waals surface area contributed by atoms with Crippen LogP contribution in [0.3, 0.4) is 0 Å². The molecule has 1 atom stereocenters. The minimum atomic E-state index is -0.653. The van der Waals surface area contributed by atoms with Crippen LogP contribution in [0.5, 0.6) is 5.75 Å². The third-order valence-corrected chi connectivity index (χ3v) is 6.20. The Bertz CT molecular complexity index is 1110. The molecule has 3 aromatic rings. The number of carbonyl (C=O) groups excluding carboxylic acids is 2. The molecule has 0 heterocycles. The molecule has 0 aliphatic rings. The highest BCUT2D eigenvalue weighted by Gasteiger charge is 2.30. The van der Waals surface area contributed by atoms with Gasteiger partial charge in [0.15, 0.2) is 6.61 Å². The number of rotatable bonds is 11. The van der Waals surface area contributed by atoms with Crippen molar-refractivity contribution in [3.8, 4) is 5.75 Å². The first-order chi connectivity index (χ1) is 16.9. The molecular weight excluding hydrogens is 436 g/mol. The Morgan fingerprint density at radius 1 is 0.886 bits per heavy atom. The Kier molecular flexibility index (Phi) is 9.47. The molecule has 2 amide bonds. The number of nitrogens with one attached hydrogen (secondary N) is 1. The minimum Gasteiger partial charge on any atom is -0.483 e. The van der Waals surface area contributed by atoms with Crippen LogP contribution in [0.4, 0.5) is 0 Å². The molecule has 0 unspecified atom stereocenters. The summed E-state index contributed by atoms with van der Waals surface area (Å²) in [6, 6.07) is 23.0. The van der Waals surface area contributed by atoms with Gasteiger partial charge in [-0.15, -0.1) is 0 Å². The van der Waals surface area contributed by atoms with E-state index in [1.54, 1.807) is 4.90 Å². The summed E-state index contributed by atoms with van der Waals surface area (Å²) >= 11 is 0. The van der Waals surface area contributed by atoms with Gasteiger partial charge in [-0.25, -0.2) is 0 Å². The number of amides is 2. The smallest absolute Gasteiger partial charge is 0.261 e. The average Bonchev–Trinajstić information content (AvgIpc) is 2.87. The number of nitrogens with zero attached hydrogens (tertiary/aromatic N) is 1. The summed E-state index contributed by atoms with van der Waals surface area (Å²) in [5.74, 6) is 0.311. The van der Waals surface area contributed by atoms with E-state index in [1.807, 2.05) is 100 Å².